The third kappa shape index (κ3) is 2.79. The average molecular weight is 242 g/mol. The van der Waals surface area contributed by atoms with Crippen LogP contribution < -0.4 is 4.74 Å². The van der Waals surface area contributed by atoms with Crippen molar-refractivity contribution in [2.45, 2.75) is 12.9 Å². The van der Waals surface area contributed by atoms with Crippen LogP contribution in [-0.4, -0.2) is 17.2 Å². The van der Waals surface area contributed by atoms with E-state index in [1.54, 1.807) is 0 Å². The predicted octanol–water partition coefficient (Wildman–Crippen LogP) is 2.85. The summed E-state index contributed by atoms with van der Waals surface area (Å²) in [5, 5.41) is 7.78. The molecule has 1 atom stereocenters. The van der Waals surface area contributed by atoms with Gasteiger partial charge in [0.1, 0.15) is 5.75 Å². The molecule has 1 N–H and O–H groups in total. The molecule has 1 aromatic rings. The van der Waals surface area contributed by atoms with Crippen LogP contribution in [0.25, 0.3) is 0 Å². The second kappa shape index (κ2) is 4.53. The van der Waals surface area contributed by atoms with Crippen molar-refractivity contribution in [3.63, 3.8) is 0 Å². The molecular weight excluding hydrogens is 227 g/mol. The van der Waals surface area contributed by atoms with Gasteiger partial charge in [-0.15, -0.1) is 0 Å². The van der Waals surface area contributed by atoms with E-state index >= 15 is 0 Å². The third-order valence-electron chi connectivity index (χ3n) is 1.10. The summed E-state index contributed by atoms with van der Waals surface area (Å²) in [6, 6.07) is -2.14. The Morgan fingerprint density at radius 1 is 1.79 bits per heavy atom. The fourth-order valence-corrected chi connectivity index (χ4v) is 0.937. The number of rotatable bonds is 3. The van der Waals surface area contributed by atoms with Crippen molar-refractivity contribution >= 4 is 29.2 Å². The molecule has 76 valence electrons. The van der Waals surface area contributed by atoms with Crippen LogP contribution in [0.2, 0.25) is 10.0 Å². The lowest BCUT2D eigenvalue weighted by Gasteiger charge is -2.11. The Labute approximate surface area is 101 Å². The van der Waals surface area contributed by atoms with Crippen molar-refractivity contribution in [2.75, 3.05) is 0 Å². The van der Waals surface area contributed by atoms with Crippen LogP contribution in [0.15, 0.2) is 18.1 Å². The maximum absolute atomic E-state index is 11.0. The molecule has 0 aliphatic heterocycles. The maximum Gasteiger partial charge on any atom is 0.344 e. The maximum atomic E-state index is 11.0. The van der Waals surface area contributed by atoms with E-state index in [2.05, 4.69) is 4.74 Å². The van der Waals surface area contributed by atoms with Gasteiger partial charge in [0.15, 0.2) is 6.08 Å². The molecule has 0 amide bonds. The molecule has 3 nitrogen and oxygen atoms in total. The monoisotopic (exact) mass is 241 g/mol. The molecule has 0 aliphatic carbocycles. The number of aliphatic carboxylic acids is 1. The number of benzene rings is 1. The van der Waals surface area contributed by atoms with Crippen LogP contribution >= 0.6 is 23.2 Å². The van der Waals surface area contributed by atoms with Gasteiger partial charge in [-0.2, -0.15) is 0 Å². The van der Waals surface area contributed by atoms with Crippen LogP contribution in [0.1, 0.15) is 16.4 Å². The van der Waals surface area contributed by atoms with Gasteiger partial charge in [0.2, 0.25) is 0 Å². The van der Waals surface area contributed by atoms with Crippen LogP contribution in [-0.2, 0) is 4.79 Å². The van der Waals surface area contributed by atoms with Crippen molar-refractivity contribution in [2.24, 2.45) is 0 Å². The highest BCUT2D eigenvalue weighted by Gasteiger charge is 2.14. The highest BCUT2D eigenvalue weighted by molar-refractivity contribution is 6.35. The molecule has 1 aromatic carbocycles. The molecule has 0 heterocycles. The summed E-state index contributed by atoms with van der Waals surface area (Å²) in [6.07, 6.45) is -3.45. The summed E-state index contributed by atoms with van der Waals surface area (Å²) in [4.78, 5) is 11.0. The molecule has 1 unspecified atom stereocenters. The largest absolute Gasteiger partial charge is 0.479 e. The summed E-state index contributed by atoms with van der Waals surface area (Å²) in [5.41, 5.74) is 0. The highest BCUT2D eigenvalue weighted by atomic mass is 35.5. The molecule has 0 aromatic heterocycles. The first-order chi connectivity index (χ1) is 9.34. The van der Waals surface area contributed by atoms with Crippen LogP contribution in [0.5, 0.6) is 5.75 Å². The number of carboxylic acid groups (broad SMARTS) is 1. The SMILES string of the molecule is [2H]c1c([2H])c(OC([2H])(C(=O)O)C([2H])([2H])[2H])c(Cl)c([2H])c1Cl. The van der Waals surface area contributed by atoms with Gasteiger partial charge in [-0.1, -0.05) is 23.2 Å². The van der Waals surface area contributed by atoms with Gasteiger partial charge in [0.25, 0.3) is 0 Å². The van der Waals surface area contributed by atoms with Gasteiger partial charge in [-0.25, -0.2) is 4.79 Å². The second-order valence-electron chi connectivity index (χ2n) is 2.07. The molecule has 14 heavy (non-hydrogen) atoms. The molecule has 0 bridgehead atoms. The first kappa shape index (κ1) is 4.73. The van der Waals surface area contributed by atoms with E-state index in [-0.39, 0.29) is 0 Å². The first-order valence-corrected chi connectivity index (χ1v) is 3.97. The van der Waals surface area contributed by atoms with E-state index in [1.807, 2.05) is 0 Å². The summed E-state index contributed by atoms with van der Waals surface area (Å²) in [5.74, 6) is -3.00. The van der Waals surface area contributed by atoms with Crippen LogP contribution in [0.4, 0.5) is 0 Å². The van der Waals surface area contributed by atoms with Crippen molar-refractivity contribution in [1.29, 1.82) is 0 Å². The number of hydrogen-bond donors (Lipinski definition) is 1. The van der Waals surface area contributed by atoms with Crippen molar-refractivity contribution in [3.05, 3.63) is 28.2 Å². The van der Waals surface area contributed by atoms with Crippen molar-refractivity contribution in [3.8, 4) is 5.75 Å². The lowest BCUT2D eigenvalue weighted by molar-refractivity contribution is -0.144. The number of carbonyl (C=O) groups is 1. The Morgan fingerprint density at radius 2 is 2.50 bits per heavy atom. The topological polar surface area (TPSA) is 46.5 Å². The number of carboxylic acids is 1. The van der Waals surface area contributed by atoms with Crippen molar-refractivity contribution < 1.29 is 24.2 Å². The van der Waals surface area contributed by atoms with Gasteiger partial charge in [-0.3, -0.25) is 0 Å². The van der Waals surface area contributed by atoms with Gasteiger partial charge >= 0.3 is 5.97 Å². The molecule has 0 aliphatic rings. The summed E-state index contributed by atoms with van der Waals surface area (Å²) in [6.45, 7) is -3.40. The van der Waals surface area contributed by atoms with E-state index in [0.29, 0.717) is 0 Å². The zero-order chi connectivity index (χ0) is 16.7. The van der Waals surface area contributed by atoms with Crippen molar-refractivity contribution in [1.82, 2.24) is 0 Å². The molecule has 0 spiro atoms. The Bertz CT molecular complexity index is 575. The summed E-state index contributed by atoms with van der Waals surface area (Å²) < 4.78 is 55.8. The van der Waals surface area contributed by atoms with E-state index in [9.17, 15) is 4.79 Å². The average Bonchev–Trinajstić information content (AvgIpc) is 2.37. The number of ether oxygens (including phenoxy) is 1. The minimum atomic E-state index is -3.45. The molecule has 0 saturated carbocycles. The molecule has 0 fully saturated rings. The standard InChI is InChI=1S/C9H8Cl2O3/c1-5(9(12)13)14-8-3-2-6(10)4-7(8)11/h2-5H,1H3,(H,12,13)/i1D3,2D,3D,4D,5D. The normalized spacial score (nSPS) is 22.6. The van der Waals surface area contributed by atoms with Gasteiger partial charge in [-0.05, 0) is 25.0 Å². The summed E-state index contributed by atoms with van der Waals surface area (Å²) >= 11 is 11.3. The Morgan fingerprint density at radius 3 is 3.07 bits per heavy atom. The Kier molecular flexibility index (Phi) is 1.53. The number of halogens is 2. The Hall–Kier alpha value is -0.930. The number of hydrogen-bond acceptors (Lipinski definition) is 2. The minimum Gasteiger partial charge on any atom is -0.479 e. The van der Waals surface area contributed by atoms with E-state index in [0.717, 1.165) is 0 Å². The van der Waals surface area contributed by atoms with Crippen LogP contribution in [0.3, 0.4) is 0 Å². The first-order valence-electron chi connectivity index (χ1n) is 6.71. The quantitative estimate of drug-likeness (QED) is 0.886. The van der Waals surface area contributed by atoms with Gasteiger partial charge < -0.3 is 9.84 Å². The predicted molar refractivity (Wildman–Crippen MR) is 54.2 cm³/mol. The summed E-state index contributed by atoms with van der Waals surface area (Å²) in [7, 11) is 0. The Balaban J connectivity index is 3.53. The third-order valence-corrected chi connectivity index (χ3v) is 1.56. The highest BCUT2D eigenvalue weighted by Crippen LogP contribution is 2.28. The smallest absolute Gasteiger partial charge is 0.344 e. The zero-order valence-corrected chi connectivity index (χ0v) is 8.03. The molecule has 5 heteroatoms. The van der Waals surface area contributed by atoms with Gasteiger partial charge in [0.05, 0.1) is 10.5 Å². The van der Waals surface area contributed by atoms with Gasteiger partial charge in [0, 0.05) is 9.13 Å². The van der Waals surface area contributed by atoms with Crippen LogP contribution in [0, 0.1) is 0 Å². The molecule has 0 radical (unpaired) electrons. The second-order valence-corrected chi connectivity index (χ2v) is 2.82. The molecule has 0 saturated heterocycles. The lowest BCUT2D eigenvalue weighted by atomic mass is 10.3. The zero-order valence-electron chi connectivity index (χ0n) is 13.5. The van der Waals surface area contributed by atoms with E-state index in [4.69, 9.17) is 37.9 Å². The fourth-order valence-electron chi connectivity index (χ4n) is 0.567. The molecule has 1 rings (SSSR count). The molecular formula is C9H8Cl2O3. The minimum absolute atomic E-state index is 0.475. The van der Waals surface area contributed by atoms with E-state index in [1.165, 1.54) is 0 Å². The fraction of sp³-hybridized carbons (Fsp3) is 0.222. The lowest BCUT2D eigenvalue weighted by Crippen LogP contribution is -2.22. The van der Waals surface area contributed by atoms with E-state index < -0.39 is 52.8 Å².